The number of pyridine rings is 1. The smallest absolute Gasteiger partial charge is 0.252 e. The minimum Gasteiger partial charge on any atom is -0.354 e. The number of hydrogen-bond donors (Lipinski definition) is 1. The normalized spacial score (nSPS) is 14.8. The molecule has 0 bridgehead atoms. The molecule has 1 aliphatic heterocycles. The third kappa shape index (κ3) is 6.56. The molecule has 0 atom stereocenters. The second kappa shape index (κ2) is 11.7. The van der Waals surface area contributed by atoms with Gasteiger partial charge in [0.15, 0.2) is 0 Å². The maximum Gasteiger partial charge on any atom is 0.252 e. The molecule has 0 aliphatic carbocycles. The molecule has 1 N–H and O–H groups in total. The predicted octanol–water partition coefficient (Wildman–Crippen LogP) is 4.00. The van der Waals surface area contributed by atoms with Crippen LogP contribution >= 0.6 is 0 Å². The van der Waals surface area contributed by atoms with Crippen LogP contribution in [0.15, 0.2) is 48.7 Å². The zero-order chi connectivity index (χ0) is 21.2. The second-order valence-electron chi connectivity index (χ2n) is 8.22. The van der Waals surface area contributed by atoms with Crippen molar-refractivity contribution >= 4 is 11.7 Å². The van der Waals surface area contributed by atoms with Crippen LogP contribution in [-0.4, -0.2) is 55.1 Å². The molecule has 1 fully saturated rings. The van der Waals surface area contributed by atoms with Crippen LogP contribution in [0.3, 0.4) is 0 Å². The van der Waals surface area contributed by atoms with Gasteiger partial charge in [0.25, 0.3) is 5.91 Å². The van der Waals surface area contributed by atoms with Crippen LogP contribution in [0.2, 0.25) is 0 Å². The summed E-state index contributed by atoms with van der Waals surface area (Å²) in [6.07, 6.45) is 6.13. The fraction of sp³-hybridized carbons (Fsp3) is 0.520. The van der Waals surface area contributed by atoms with Gasteiger partial charge in [0.1, 0.15) is 5.82 Å². The lowest BCUT2D eigenvalue weighted by Gasteiger charge is -2.36. The summed E-state index contributed by atoms with van der Waals surface area (Å²) in [6.45, 7) is 10.6. The summed E-state index contributed by atoms with van der Waals surface area (Å²) in [5.74, 6) is 1.73. The van der Waals surface area contributed by atoms with Crippen molar-refractivity contribution in [2.75, 3.05) is 44.2 Å². The van der Waals surface area contributed by atoms with Crippen molar-refractivity contribution in [3.05, 3.63) is 59.8 Å². The summed E-state index contributed by atoms with van der Waals surface area (Å²) in [6, 6.07) is 14.2. The Balaban J connectivity index is 1.40. The highest BCUT2D eigenvalue weighted by atomic mass is 16.1. The van der Waals surface area contributed by atoms with Gasteiger partial charge in [-0.1, -0.05) is 57.0 Å². The van der Waals surface area contributed by atoms with Gasteiger partial charge in [-0.15, -0.1) is 0 Å². The highest BCUT2D eigenvalue weighted by Gasteiger charge is 2.20. The topological polar surface area (TPSA) is 48.5 Å². The molecular formula is C25H36N4O. The molecule has 0 saturated carbocycles. The third-order valence-corrected chi connectivity index (χ3v) is 6.15. The molecule has 30 heavy (non-hydrogen) atoms. The highest BCUT2D eigenvalue weighted by molar-refractivity contribution is 5.94. The van der Waals surface area contributed by atoms with E-state index in [1.807, 2.05) is 30.3 Å². The first-order valence-electron chi connectivity index (χ1n) is 11.4. The van der Waals surface area contributed by atoms with E-state index in [0.29, 0.717) is 12.1 Å². The number of carbonyl (C=O) groups excluding carboxylic acids is 1. The predicted molar refractivity (Wildman–Crippen MR) is 124 cm³/mol. The van der Waals surface area contributed by atoms with Gasteiger partial charge in [-0.3, -0.25) is 9.69 Å². The second-order valence-corrected chi connectivity index (χ2v) is 8.22. The fourth-order valence-electron chi connectivity index (χ4n) is 4.02. The Bertz CT molecular complexity index is 750. The fourth-order valence-corrected chi connectivity index (χ4v) is 4.02. The third-order valence-electron chi connectivity index (χ3n) is 6.15. The largest absolute Gasteiger partial charge is 0.354 e. The number of nitrogens with zero attached hydrogens (tertiary/aromatic N) is 3. The van der Waals surface area contributed by atoms with Crippen molar-refractivity contribution in [3.8, 4) is 0 Å². The Morgan fingerprint density at radius 1 is 1.03 bits per heavy atom. The van der Waals surface area contributed by atoms with E-state index in [0.717, 1.165) is 50.8 Å². The van der Waals surface area contributed by atoms with Crippen LogP contribution in [0.5, 0.6) is 0 Å². The number of amides is 1. The number of nitrogens with one attached hydrogen (secondary N) is 1. The monoisotopic (exact) mass is 408 g/mol. The van der Waals surface area contributed by atoms with Crippen LogP contribution in [0.1, 0.15) is 49.0 Å². The molecule has 2 heterocycles. The van der Waals surface area contributed by atoms with Crippen molar-refractivity contribution in [1.29, 1.82) is 0 Å². The Morgan fingerprint density at radius 3 is 2.40 bits per heavy atom. The molecule has 3 rings (SSSR count). The van der Waals surface area contributed by atoms with Gasteiger partial charge in [-0.2, -0.15) is 0 Å². The maximum absolute atomic E-state index is 12.4. The number of aryl methyl sites for hydroxylation is 1. The Morgan fingerprint density at radius 2 is 1.77 bits per heavy atom. The number of benzene rings is 1. The summed E-state index contributed by atoms with van der Waals surface area (Å²) in [5, 5.41) is 3.00. The van der Waals surface area contributed by atoms with E-state index in [1.165, 1.54) is 24.9 Å². The number of aromatic nitrogens is 1. The van der Waals surface area contributed by atoms with Crippen LogP contribution in [-0.2, 0) is 6.42 Å². The van der Waals surface area contributed by atoms with Gasteiger partial charge in [0, 0.05) is 45.5 Å². The van der Waals surface area contributed by atoms with E-state index < -0.39 is 0 Å². The van der Waals surface area contributed by atoms with E-state index in [2.05, 4.69) is 46.1 Å². The van der Waals surface area contributed by atoms with Crippen molar-refractivity contribution in [2.24, 2.45) is 5.92 Å². The molecule has 0 spiro atoms. The van der Waals surface area contributed by atoms with Gasteiger partial charge < -0.3 is 10.2 Å². The summed E-state index contributed by atoms with van der Waals surface area (Å²) in [5.41, 5.74) is 1.93. The molecule has 2 aromatic rings. The lowest BCUT2D eigenvalue weighted by molar-refractivity contribution is 0.0953. The van der Waals surface area contributed by atoms with Crippen molar-refractivity contribution in [2.45, 2.75) is 39.5 Å². The zero-order valence-electron chi connectivity index (χ0n) is 18.5. The summed E-state index contributed by atoms with van der Waals surface area (Å²) < 4.78 is 0. The number of carbonyl (C=O) groups is 1. The first-order chi connectivity index (χ1) is 14.7. The lowest BCUT2D eigenvalue weighted by Crippen LogP contribution is -2.48. The van der Waals surface area contributed by atoms with E-state index in [4.69, 9.17) is 0 Å². The molecular weight excluding hydrogens is 372 g/mol. The molecule has 1 aromatic carbocycles. The van der Waals surface area contributed by atoms with Crippen molar-refractivity contribution < 1.29 is 4.79 Å². The molecule has 1 saturated heterocycles. The number of rotatable bonds is 10. The van der Waals surface area contributed by atoms with Crippen molar-refractivity contribution in [3.63, 3.8) is 0 Å². The highest BCUT2D eigenvalue weighted by Crippen LogP contribution is 2.16. The van der Waals surface area contributed by atoms with Crippen LogP contribution in [0, 0.1) is 5.92 Å². The number of hydrogen-bond acceptors (Lipinski definition) is 4. The van der Waals surface area contributed by atoms with Gasteiger partial charge in [-0.05, 0) is 36.5 Å². The van der Waals surface area contributed by atoms with E-state index >= 15 is 0 Å². The average molecular weight is 409 g/mol. The lowest BCUT2D eigenvalue weighted by atomic mass is 10.0. The van der Waals surface area contributed by atoms with E-state index in [1.54, 1.807) is 6.20 Å². The minimum atomic E-state index is -0.0443. The molecule has 0 unspecified atom stereocenters. The molecule has 1 aliphatic rings. The summed E-state index contributed by atoms with van der Waals surface area (Å²) in [7, 11) is 0. The summed E-state index contributed by atoms with van der Waals surface area (Å²) in [4.78, 5) is 21.8. The SMILES string of the molecule is CCC(CC)CN1CCN(c2ccc(C(=O)NCCCc3ccccc3)cn2)CC1. The Hall–Kier alpha value is -2.40. The molecule has 162 valence electrons. The van der Waals surface area contributed by atoms with Crippen LogP contribution in [0.4, 0.5) is 5.82 Å². The number of piperazine rings is 1. The minimum absolute atomic E-state index is 0.0443. The van der Waals surface area contributed by atoms with Gasteiger partial charge in [0.05, 0.1) is 5.56 Å². The van der Waals surface area contributed by atoms with Gasteiger partial charge in [0.2, 0.25) is 0 Å². The maximum atomic E-state index is 12.4. The average Bonchev–Trinajstić information content (AvgIpc) is 2.81. The van der Waals surface area contributed by atoms with Crippen molar-refractivity contribution in [1.82, 2.24) is 15.2 Å². The van der Waals surface area contributed by atoms with Crippen LogP contribution < -0.4 is 10.2 Å². The Kier molecular flexibility index (Phi) is 8.69. The molecule has 5 heteroatoms. The van der Waals surface area contributed by atoms with E-state index in [9.17, 15) is 4.79 Å². The molecule has 0 radical (unpaired) electrons. The first-order valence-corrected chi connectivity index (χ1v) is 11.4. The van der Waals surface area contributed by atoms with Gasteiger partial charge >= 0.3 is 0 Å². The van der Waals surface area contributed by atoms with E-state index in [-0.39, 0.29) is 5.91 Å². The summed E-state index contributed by atoms with van der Waals surface area (Å²) >= 11 is 0. The molecule has 5 nitrogen and oxygen atoms in total. The molecule has 1 aromatic heterocycles. The molecule has 1 amide bonds. The van der Waals surface area contributed by atoms with Crippen LogP contribution in [0.25, 0.3) is 0 Å². The standard InChI is InChI=1S/C25H36N4O/c1-3-21(4-2)20-28-15-17-29(18-16-28)24-13-12-23(19-27-24)25(30)26-14-8-11-22-9-6-5-7-10-22/h5-7,9-10,12-13,19,21H,3-4,8,11,14-18,20H2,1-2H3,(H,26,30). The first kappa shape index (κ1) is 22.3. The quantitative estimate of drug-likeness (QED) is 0.604. The zero-order valence-corrected chi connectivity index (χ0v) is 18.5. The Labute approximate surface area is 181 Å². The number of anilines is 1. The van der Waals surface area contributed by atoms with Gasteiger partial charge in [-0.25, -0.2) is 4.98 Å².